The monoisotopic (exact) mass is 328 g/mol. The SMILES string of the molecule is N#CC1(NC(=O)CN2CCN(c3ncccn3)CC2)CCCCC1. The van der Waals surface area contributed by atoms with Gasteiger partial charge in [-0.05, 0) is 18.9 Å². The summed E-state index contributed by atoms with van der Waals surface area (Å²) in [5.74, 6) is 0.704. The molecule has 0 aromatic carbocycles. The van der Waals surface area contributed by atoms with Crippen LogP contribution in [0.25, 0.3) is 0 Å². The molecule has 0 spiro atoms. The summed E-state index contributed by atoms with van der Waals surface area (Å²) in [6.07, 6.45) is 8.22. The molecule has 24 heavy (non-hydrogen) atoms. The van der Waals surface area contributed by atoms with Gasteiger partial charge in [-0.25, -0.2) is 9.97 Å². The van der Waals surface area contributed by atoms with Gasteiger partial charge in [0.1, 0.15) is 5.54 Å². The number of anilines is 1. The van der Waals surface area contributed by atoms with Gasteiger partial charge in [0, 0.05) is 38.6 Å². The first-order chi connectivity index (χ1) is 11.7. The molecule has 1 aromatic rings. The molecule has 7 nitrogen and oxygen atoms in total. The fourth-order valence-corrected chi connectivity index (χ4v) is 3.49. The Morgan fingerprint density at radius 2 is 1.83 bits per heavy atom. The highest BCUT2D eigenvalue weighted by molar-refractivity contribution is 5.79. The lowest BCUT2D eigenvalue weighted by Gasteiger charge is -2.36. The van der Waals surface area contributed by atoms with Gasteiger partial charge in [-0.3, -0.25) is 9.69 Å². The van der Waals surface area contributed by atoms with Crippen LogP contribution in [0.4, 0.5) is 5.95 Å². The Morgan fingerprint density at radius 1 is 1.17 bits per heavy atom. The van der Waals surface area contributed by atoms with Crippen molar-refractivity contribution >= 4 is 11.9 Å². The summed E-state index contributed by atoms with van der Waals surface area (Å²) in [7, 11) is 0. The lowest BCUT2D eigenvalue weighted by Crippen LogP contribution is -2.54. The third kappa shape index (κ3) is 4.01. The number of hydrogen-bond acceptors (Lipinski definition) is 6. The largest absolute Gasteiger partial charge is 0.338 e. The van der Waals surface area contributed by atoms with Crippen molar-refractivity contribution in [3.63, 3.8) is 0 Å². The Labute approximate surface area is 142 Å². The third-order valence-electron chi connectivity index (χ3n) is 4.87. The van der Waals surface area contributed by atoms with Crippen LogP contribution in [0.2, 0.25) is 0 Å². The van der Waals surface area contributed by atoms with E-state index in [9.17, 15) is 10.1 Å². The molecule has 0 radical (unpaired) electrons. The number of nitrogens with one attached hydrogen (secondary N) is 1. The molecule has 7 heteroatoms. The van der Waals surface area contributed by atoms with Crippen LogP contribution in [-0.2, 0) is 4.79 Å². The summed E-state index contributed by atoms with van der Waals surface area (Å²) in [5, 5.41) is 12.5. The highest BCUT2D eigenvalue weighted by Gasteiger charge is 2.34. The number of carbonyl (C=O) groups excluding carboxylic acids is 1. The highest BCUT2D eigenvalue weighted by Crippen LogP contribution is 2.27. The predicted octanol–water partition coefficient (Wildman–Crippen LogP) is 0.941. The first-order valence-electron chi connectivity index (χ1n) is 8.67. The van der Waals surface area contributed by atoms with Gasteiger partial charge in [-0.15, -0.1) is 0 Å². The number of carbonyl (C=O) groups is 1. The molecule has 1 aliphatic carbocycles. The van der Waals surface area contributed by atoms with E-state index in [0.717, 1.165) is 64.2 Å². The highest BCUT2D eigenvalue weighted by atomic mass is 16.2. The van der Waals surface area contributed by atoms with Gasteiger partial charge >= 0.3 is 0 Å². The van der Waals surface area contributed by atoms with Crippen LogP contribution in [-0.4, -0.2) is 59.0 Å². The van der Waals surface area contributed by atoms with E-state index in [0.29, 0.717) is 6.54 Å². The van der Waals surface area contributed by atoms with E-state index in [2.05, 4.69) is 31.2 Å². The van der Waals surface area contributed by atoms with Crippen molar-refractivity contribution in [2.45, 2.75) is 37.6 Å². The van der Waals surface area contributed by atoms with Crippen LogP contribution in [0, 0.1) is 11.3 Å². The summed E-state index contributed by atoms with van der Waals surface area (Å²) >= 11 is 0. The van der Waals surface area contributed by atoms with Crippen LogP contribution in [0.3, 0.4) is 0 Å². The average Bonchev–Trinajstić information content (AvgIpc) is 2.64. The van der Waals surface area contributed by atoms with Gasteiger partial charge in [0.25, 0.3) is 0 Å². The Balaban J connectivity index is 1.47. The number of aromatic nitrogens is 2. The Hall–Kier alpha value is -2.20. The van der Waals surface area contributed by atoms with Crippen molar-refractivity contribution in [3.8, 4) is 6.07 Å². The van der Waals surface area contributed by atoms with Crippen LogP contribution >= 0.6 is 0 Å². The van der Waals surface area contributed by atoms with Crippen molar-refractivity contribution < 1.29 is 4.79 Å². The molecular weight excluding hydrogens is 304 g/mol. The predicted molar refractivity (Wildman–Crippen MR) is 90.3 cm³/mol. The van der Waals surface area contributed by atoms with Crippen molar-refractivity contribution in [2.24, 2.45) is 0 Å². The molecule has 2 fully saturated rings. The number of nitrogens with zero attached hydrogens (tertiary/aromatic N) is 5. The molecule has 3 rings (SSSR count). The number of rotatable bonds is 4. The van der Waals surface area contributed by atoms with Crippen molar-refractivity contribution in [1.82, 2.24) is 20.2 Å². The Bertz CT molecular complexity index is 585. The van der Waals surface area contributed by atoms with E-state index in [1.54, 1.807) is 18.5 Å². The Morgan fingerprint density at radius 3 is 2.46 bits per heavy atom. The number of hydrogen-bond donors (Lipinski definition) is 1. The standard InChI is InChI=1S/C17H24N6O/c18-14-17(5-2-1-3-6-17)21-15(24)13-22-9-11-23(12-10-22)16-19-7-4-8-20-16/h4,7-8H,1-3,5-6,9-13H2,(H,21,24). The molecule has 0 unspecified atom stereocenters. The minimum absolute atomic E-state index is 0.0390. The maximum Gasteiger partial charge on any atom is 0.235 e. The van der Waals surface area contributed by atoms with Gasteiger partial charge in [-0.1, -0.05) is 19.3 Å². The van der Waals surface area contributed by atoms with E-state index in [1.807, 2.05) is 0 Å². The summed E-state index contributed by atoms with van der Waals surface area (Å²) in [5.41, 5.74) is -0.644. The van der Waals surface area contributed by atoms with E-state index in [-0.39, 0.29) is 5.91 Å². The van der Waals surface area contributed by atoms with E-state index in [4.69, 9.17) is 0 Å². The smallest absolute Gasteiger partial charge is 0.235 e. The normalized spacial score (nSPS) is 21.0. The Kier molecular flexibility index (Phi) is 5.26. The molecule has 1 saturated carbocycles. The first kappa shape index (κ1) is 16.7. The van der Waals surface area contributed by atoms with E-state index < -0.39 is 5.54 Å². The fourth-order valence-electron chi connectivity index (χ4n) is 3.49. The quantitative estimate of drug-likeness (QED) is 0.885. The summed E-state index contributed by atoms with van der Waals surface area (Å²) in [6.45, 7) is 3.56. The van der Waals surface area contributed by atoms with Crippen molar-refractivity contribution in [1.29, 1.82) is 5.26 Å². The fraction of sp³-hybridized carbons (Fsp3) is 0.647. The second kappa shape index (κ2) is 7.58. The zero-order valence-electron chi connectivity index (χ0n) is 13.9. The van der Waals surface area contributed by atoms with Gasteiger partial charge in [0.2, 0.25) is 11.9 Å². The molecule has 128 valence electrons. The molecule has 0 atom stereocenters. The van der Waals surface area contributed by atoms with Gasteiger partial charge in [0.05, 0.1) is 12.6 Å². The molecule has 1 saturated heterocycles. The summed E-state index contributed by atoms with van der Waals surface area (Å²) in [6, 6.07) is 4.14. The van der Waals surface area contributed by atoms with E-state index in [1.165, 1.54) is 0 Å². The number of amides is 1. The molecular formula is C17H24N6O. The topological polar surface area (TPSA) is 85.2 Å². The van der Waals surface area contributed by atoms with E-state index >= 15 is 0 Å². The zero-order valence-corrected chi connectivity index (χ0v) is 13.9. The van der Waals surface area contributed by atoms with Crippen molar-refractivity contribution in [3.05, 3.63) is 18.5 Å². The zero-order chi connectivity index (χ0) is 16.8. The van der Waals surface area contributed by atoms with Crippen LogP contribution in [0.15, 0.2) is 18.5 Å². The van der Waals surface area contributed by atoms with Crippen LogP contribution < -0.4 is 10.2 Å². The minimum Gasteiger partial charge on any atom is -0.338 e. The second-order valence-electron chi connectivity index (χ2n) is 6.61. The van der Waals surface area contributed by atoms with Crippen LogP contribution in [0.5, 0.6) is 0 Å². The molecule has 0 bridgehead atoms. The number of nitriles is 1. The number of piperazine rings is 1. The molecule has 1 amide bonds. The summed E-state index contributed by atoms with van der Waals surface area (Å²) in [4.78, 5) is 25.1. The lowest BCUT2D eigenvalue weighted by molar-refractivity contribution is -0.124. The maximum absolute atomic E-state index is 12.4. The lowest BCUT2D eigenvalue weighted by atomic mass is 9.83. The molecule has 1 aliphatic heterocycles. The average molecular weight is 328 g/mol. The molecule has 1 aromatic heterocycles. The first-order valence-corrected chi connectivity index (χ1v) is 8.67. The van der Waals surface area contributed by atoms with Gasteiger partial charge in [0.15, 0.2) is 0 Å². The van der Waals surface area contributed by atoms with Gasteiger partial charge < -0.3 is 10.2 Å². The second-order valence-corrected chi connectivity index (χ2v) is 6.61. The third-order valence-corrected chi connectivity index (χ3v) is 4.87. The van der Waals surface area contributed by atoms with Crippen LogP contribution in [0.1, 0.15) is 32.1 Å². The summed E-state index contributed by atoms with van der Waals surface area (Å²) < 4.78 is 0. The maximum atomic E-state index is 12.4. The molecule has 2 aliphatic rings. The van der Waals surface area contributed by atoms with Gasteiger partial charge in [-0.2, -0.15) is 5.26 Å². The molecule has 1 N–H and O–H groups in total. The minimum atomic E-state index is -0.644. The van der Waals surface area contributed by atoms with Crippen molar-refractivity contribution in [2.75, 3.05) is 37.6 Å². The molecule has 2 heterocycles.